The molecular weight excluding hydrogens is 483 g/mol. The maximum Gasteiger partial charge on any atom is 0.137 e. The second-order valence-electron chi connectivity index (χ2n) is 7.34. The van der Waals surface area contributed by atoms with Gasteiger partial charge in [0.15, 0.2) is 0 Å². The second kappa shape index (κ2) is 20.1. The van der Waals surface area contributed by atoms with E-state index in [9.17, 15) is 24.0 Å². The highest BCUT2D eigenvalue weighted by Gasteiger charge is 2.09. The van der Waals surface area contributed by atoms with Crippen molar-refractivity contribution in [2.24, 2.45) is 0 Å². The van der Waals surface area contributed by atoms with Crippen LogP contribution in [0.1, 0.15) is 104 Å². The fraction of sp³-hybridized carbons (Fsp3) is 0.696. The number of allylic oxidation sites excluding steroid dienone is 2. The zero-order chi connectivity index (χ0) is 21.2. The molecule has 0 saturated carbocycles. The van der Waals surface area contributed by atoms with Gasteiger partial charge in [-0.05, 0) is 26.2 Å². The molecule has 0 aliphatic heterocycles. The lowest BCUT2D eigenvalue weighted by atomic mass is 10.0. The molecule has 0 rings (SSSR count). The van der Waals surface area contributed by atoms with E-state index in [1.165, 1.54) is 6.92 Å². The van der Waals surface area contributed by atoms with Crippen LogP contribution in [0.5, 0.6) is 0 Å². The van der Waals surface area contributed by atoms with Crippen LogP contribution in [-0.4, -0.2) is 28.9 Å². The van der Waals surface area contributed by atoms with Crippen molar-refractivity contribution in [2.45, 2.75) is 104 Å². The molecule has 0 aromatic carbocycles. The van der Waals surface area contributed by atoms with E-state index in [1.807, 2.05) is 12.2 Å². The highest BCUT2D eigenvalue weighted by Crippen LogP contribution is 2.09. The van der Waals surface area contributed by atoms with Gasteiger partial charge >= 0.3 is 0 Å². The molecule has 5 nitrogen and oxygen atoms in total. The van der Waals surface area contributed by atoms with Gasteiger partial charge in [-0.1, -0.05) is 31.9 Å². The predicted molar refractivity (Wildman–Crippen MR) is 126 cm³/mol. The smallest absolute Gasteiger partial charge is 0.137 e. The second-order valence-corrected chi connectivity index (χ2v) is 7.34. The van der Waals surface area contributed by atoms with Gasteiger partial charge in [-0.15, -0.1) is 24.0 Å². The van der Waals surface area contributed by atoms with Crippen molar-refractivity contribution in [3.05, 3.63) is 12.2 Å². The Bertz CT molecular complexity index is 551. The molecule has 0 aliphatic carbocycles. The molecule has 0 fully saturated rings. The first-order valence-corrected chi connectivity index (χ1v) is 10.6. The van der Waals surface area contributed by atoms with Gasteiger partial charge in [0.1, 0.15) is 28.9 Å². The monoisotopic (exact) mass is 520 g/mol. The third kappa shape index (κ3) is 21.3. The van der Waals surface area contributed by atoms with E-state index in [4.69, 9.17) is 0 Å². The number of unbranched alkanes of at least 4 members (excludes halogenated alkanes) is 4. The first-order valence-electron chi connectivity index (χ1n) is 10.6. The number of hydrogen-bond acceptors (Lipinski definition) is 5. The zero-order valence-electron chi connectivity index (χ0n) is 18.0. The fourth-order valence-electron chi connectivity index (χ4n) is 2.67. The SMILES string of the molecule is CCC(=O)CCC(=O)CCC(=O)CCCCCCC=CCC(=O)CCC(C)=O.I. The Balaban J connectivity index is 0. The predicted octanol–water partition coefficient (Wildman–Crippen LogP) is 5.51. The summed E-state index contributed by atoms with van der Waals surface area (Å²) in [6, 6.07) is 0. The number of rotatable bonds is 19. The lowest BCUT2D eigenvalue weighted by molar-refractivity contribution is -0.126. The lowest BCUT2D eigenvalue weighted by Crippen LogP contribution is -2.06. The summed E-state index contributed by atoms with van der Waals surface area (Å²) in [7, 11) is 0. The molecule has 29 heavy (non-hydrogen) atoms. The van der Waals surface area contributed by atoms with Gasteiger partial charge in [-0.2, -0.15) is 0 Å². The number of Topliss-reactive ketones (excluding diaryl/α,β-unsaturated/α-hetero) is 5. The summed E-state index contributed by atoms with van der Waals surface area (Å²) in [5.74, 6) is 0.362. The number of hydrogen-bond donors (Lipinski definition) is 0. The Kier molecular flexibility index (Phi) is 20.8. The Hall–Kier alpha value is -1.18. The van der Waals surface area contributed by atoms with Crippen LogP contribution in [0.15, 0.2) is 12.2 Å². The summed E-state index contributed by atoms with van der Waals surface area (Å²) >= 11 is 0. The number of carbonyl (C=O) groups is 5. The van der Waals surface area contributed by atoms with Gasteiger partial charge in [0.25, 0.3) is 0 Å². The average Bonchev–Trinajstić information content (AvgIpc) is 2.67. The third-order valence-corrected chi connectivity index (χ3v) is 4.60. The summed E-state index contributed by atoms with van der Waals surface area (Å²) in [5.41, 5.74) is 0. The number of ketones is 5. The van der Waals surface area contributed by atoms with Crippen molar-refractivity contribution < 1.29 is 24.0 Å². The van der Waals surface area contributed by atoms with Gasteiger partial charge in [0.05, 0.1) is 0 Å². The van der Waals surface area contributed by atoms with Crippen LogP contribution < -0.4 is 0 Å². The van der Waals surface area contributed by atoms with E-state index >= 15 is 0 Å². The molecular formula is C23H37IO5. The summed E-state index contributed by atoms with van der Waals surface area (Å²) in [6.45, 7) is 3.28. The molecule has 0 aromatic heterocycles. The molecule has 0 unspecified atom stereocenters. The zero-order valence-corrected chi connectivity index (χ0v) is 20.3. The van der Waals surface area contributed by atoms with Crippen molar-refractivity contribution in [1.82, 2.24) is 0 Å². The van der Waals surface area contributed by atoms with Crippen LogP contribution in [-0.2, 0) is 24.0 Å². The molecule has 0 bridgehead atoms. The maximum absolute atomic E-state index is 11.8. The maximum atomic E-state index is 11.8. The minimum absolute atomic E-state index is 0. The van der Waals surface area contributed by atoms with Crippen molar-refractivity contribution >= 4 is 52.9 Å². The molecule has 0 saturated heterocycles. The third-order valence-electron chi connectivity index (χ3n) is 4.60. The lowest BCUT2D eigenvalue weighted by Gasteiger charge is -2.02. The minimum Gasteiger partial charge on any atom is -0.300 e. The van der Waals surface area contributed by atoms with Gasteiger partial charge < -0.3 is 4.79 Å². The van der Waals surface area contributed by atoms with Gasteiger partial charge in [-0.3, -0.25) is 19.2 Å². The van der Waals surface area contributed by atoms with E-state index in [2.05, 4.69) is 0 Å². The van der Waals surface area contributed by atoms with Crippen LogP contribution in [0.4, 0.5) is 0 Å². The molecule has 0 amide bonds. The van der Waals surface area contributed by atoms with Crippen LogP contribution in [0.2, 0.25) is 0 Å². The summed E-state index contributed by atoms with van der Waals surface area (Å²) in [6.07, 6.45) is 11.8. The van der Waals surface area contributed by atoms with Gasteiger partial charge in [0, 0.05) is 57.8 Å². The molecule has 0 radical (unpaired) electrons. The molecule has 0 atom stereocenters. The molecule has 0 aromatic rings. The van der Waals surface area contributed by atoms with E-state index < -0.39 is 0 Å². The van der Waals surface area contributed by atoms with Crippen LogP contribution in [0.25, 0.3) is 0 Å². The normalized spacial score (nSPS) is 10.6. The topological polar surface area (TPSA) is 85.3 Å². The van der Waals surface area contributed by atoms with Crippen LogP contribution in [0.3, 0.4) is 0 Å². The molecule has 0 heterocycles. The van der Waals surface area contributed by atoms with E-state index in [0.717, 1.165) is 32.1 Å². The standard InChI is InChI=1S/C23H36O5.HI/c1-3-20(25)15-16-23(28)18-17-22(27)12-10-8-6-4-5-7-9-11-21(26)14-13-19(2)24;/h7,9H,3-6,8,10-18H2,1-2H3;1H. The molecule has 0 spiro atoms. The van der Waals surface area contributed by atoms with E-state index in [-0.39, 0.29) is 65.7 Å². The first-order chi connectivity index (χ1) is 13.3. The van der Waals surface area contributed by atoms with Gasteiger partial charge in [-0.25, -0.2) is 0 Å². The van der Waals surface area contributed by atoms with Crippen molar-refractivity contribution in [1.29, 1.82) is 0 Å². The largest absolute Gasteiger partial charge is 0.300 e. The number of carbonyl (C=O) groups excluding carboxylic acids is 5. The highest BCUT2D eigenvalue weighted by atomic mass is 127. The Morgan fingerprint density at radius 1 is 0.586 bits per heavy atom. The first kappa shape index (κ1) is 30.0. The van der Waals surface area contributed by atoms with Crippen molar-refractivity contribution in [2.75, 3.05) is 0 Å². The summed E-state index contributed by atoms with van der Waals surface area (Å²) in [4.78, 5) is 56.9. The summed E-state index contributed by atoms with van der Waals surface area (Å²) in [5, 5.41) is 0. The Morgan fingerprint density at radius 2 is 1.10 bits per heavy atom. The Labute approximate surface area is 192 Å². The molecule has 6 heteroatoms. The van der Waals surface area contributed by atoms with Crippen LogP contribution >= 0.6 is 24.0 Å². The van der Waals surface area contributed by atoms with E-state index in [0.29, 0.717) is 44.9 Å². The molecule has 166 valence electrons. The van der Waals surface area contributed by atoms with Crippen molar-refractivity contribution in [3.63, 3.8) is 0 Å². The average molecular weight is 520 g/mol. The Morgan fingerprint density at radius 3 is 1.69 bits per heavy atom. The fourth-order valence-corrected chi connectivity index (χ4v) is 2.67. The van der Waals surface area contributed by atoms with Crippen LogP contribution in [0, 0.1) is 0 Å². The molecule has 0 aliphatic rings. The van der Waals surface area contributed by atoms with Crippen molar-refractivity contribution in [3.8, 4) is 0 Å². The number of halogens is 1. The van der Waals surface area contributed by atoms with E-state index in [1.54, 1.807) is 6.92 Å². The summed E-state index contributed by atoms with van der Waals surface area (Å²) < 4.78 is 0. The molecule has 0 N–H and O–H groups in total. The quantitative estimate of drug-likeness (QED) is 0.127. The minimum atomic E-state index is 0. The van der Waals surface area contributed by atoms with Gasteiger partial charge in [0.2, 0.25) is 0 Å². The highest BCUT2D eigenvalue weighted by molar-refractivity contribution is 14.0.